The molecule has 0 saturated carbocycles. The van der Waals surface area contributed by atoms with Gasteiger partial charge in [0.2, 0.25) is 5.95 Å². The van der Waals surface area contributed by atoms with Gasteiger partial charge < -0.3 is 15.5 Å². The van der Waals surface area contributed by atoms with Crippen molar-refractivity contribution in [3.63, 3.8) is 0 Å². The van der Waals surface area contributed by atoms with E-state index in [1.807, 2.05) is 6.07 Å². The molecule has 1 atom stereocenters. The minimum atomic E-state index is -0.226. The van der Waals surface area contributed by atoms with Gasteiger partial charge in [-0.1, -0.05) is 42.6 Å². The van der Waals surface area contributed by atoms with Crippen molar-refractivity contribution in [3.8, 4) is 0 Å². The van der Waals surface area contributed by atoms with Crippen LogP contribution in [0, 0.1) is 0 Å². The summed E-state index contributed by atoms with van der Waals surface area (Å²) in [5, 5.41) is 0.683. The van der Waals surface area contributed by atoms with Crippen molar-refractivity contribution in [1.29, 1.82) is 0 Å². The molecule has 1 aromatic heterocycles. The molecule has 3 heterocycles. The highest BCUT2D eigenvalue weighted by molar-refractivity contribution is 8.13. The van der Waals surface area contributed by atoms with Gasteiger partial charge in [-0.25, -0.2) is 9.97 Å². The van der Waals surface area contributed by atoms with E-state index in [9.17, 15) is 0 Å². The molecular weight excluding hydrogens is 368 g/mol. The van der Waals surface area contributed by atoms with Gasteiger partial charge in [0.15, 0.2) is 5.17 Å². The van der Waals surface area contributed by atoms with Crippen molar-refractivity contribution in [2.75, 3.05) is 36.8 Å². The van der Waals surface area contributed by atoms with Crippen LogP contribution < -0.4 is 10.6 Å². The van der Waals surface area contributed by atoms with Gasteiger partial charge in [0, 0.05) is 50.0 Å². The number of amidine groups is 1. The van der Waals surface area contributed by atoms with E-state index in [0.717, 1.165) is 55.6 Å². The number of hydrogen-bond acceptors (Lipinski definition) is 7. The fraction of sp³-hybridized carbons (Fsp3) is 0.381. The number of hydrogen-bond donors (Lipinski definition) is 1. The highest BCUT2D eigenvalue weighted by Crippen LogP contribution is 2.35. The molecule has 0 bridgehead atoms. The first kappa shape index (κ1) is 18.8. The molecule has 1 unspecified atom stereocenters. The number of nitrogens with two attached hydrogens (primary N) is 1. The minimum Gasteiger partial charge on any atom is -0.379 e. The Hall–Kier alpha value is -2.54. The zero-order valence-corrected chi connectivity index (χ0v) is 17.0. The van der Waals surface area contributed by atoms with Crippen molar-refractivity contribution >= 4 is 28.6 Å². The molecule has 146 valence electrons. The predicted octanol–water partition coefficient (Wildman–Crippen LogP) is 2.94. The first-order valence-corrected chi connectivity index (χ1v) is 10.6. The lowest BCUT2D eigenvalue weighted by atomic mass is 9.89. The summed E-state index contributed by atoms with van der Waals surface area (Å²) < 4.78 is 0. The Bertz CT molecular complexity index is 858. The second-order valence-electron chi connectivity index (χ2n) is 7.37. The van der Waals surface area contributed by atoms with Gasteiger partial charge in [-0.15, -0.1) is 0 Å². The average Bonchev–Trinajstić information content (AvgIpc) is 2.74. The number of aliphatic imine (C=N–C) groups is 1. The highest BCUT2D eigenvalue weighted by atomic mass is 32.2. The Morgan fingerprint density at radius 1 is 1.11 bits per heavy atom. The van der Waals surface area contributed by atoms with Gasteiger partial charge in [-0.3, -0.25) is 4.99 Å². The van der Waals surface area contributed by atoms with Crippen molar-refractivity contribution in [3.05, 3.63) is 60.4 Å². The summed E-state index contributed by atoms with van der Waals surface area (Å²) in [6.07, 6.45) is 4.58. The maximum Gasteiger partial charge on any atom is 0.225 e. The molecule has 6 nitrogen and oxygen atoms in total. The quantitative estimate of drug-likeness (QED) is 0.860. The summed E-state index contributed by atoms with van der Waals surface area (Å²) >= 11 is 1.63. The van der Waals surface area contributed by atoms with Crippen molar-refractivity contribution in [2.45, 2.75) is 18.9 Å². The molecule has 7 heteroatoms. The molecule has 1 fully saturated rings. The van der Waals surface area contributed by atoms with Crippen LogP contribution in [0.25, 0.3) is 5.70 Å². The van der Waals surface area contributed by atoms with Gasteiger partial charge in [-0.2, -0.15) is 0 Å². The molecule has 2 aromatic rings. The average molecular weight is 395 g/mol. The van der Waals surface area contributed by atoms with Gasteiger partial charge in [0.1, 0.15) is 0 Å². The summed E-state index contributed by atoms with van der Waals surface area (Å²) in [5.41, 5.74) is 9.15. The van der Waals surface area contributed by atoms with Crippen LogP contribution in [-0.4, -0.2) is 52.0 Å². The van der Waals surface area contributed by atoms with E-state index in [0.29, 0.717) is 5.17 Å². The lowest BCUT2D eigenvalue weighted by molar-refractivity contribution is 0.365. The van der Waals surface area contributed by atoms with Crippen molar-refractivity contribution in [2.24, 2.45) is 10.7 Å². The third-order valence-electron chi connectivity index (χ3n) is 5.53. The molecular formula is C21H26N6S. The molecule has 2 aliphatic rings. The summed E-state index contributed by atoms with van der Waals surface area (Å²) in [5.74, 6) is 1.81. The van der Waals surface area contributed by atoms with E-state index >= 15 is 0 Å². The van der Waals surface area contributed by atoms with E-state index in [2.05, 4.69) is 57.5 Å². The van der Waals surface area contributed by atoms with E-state index in [4.69, 9.17) is 10.7 Å². The second-order valence-corrected chi connectivity index (χ2v) is 8.48. The Kier molecular flexibility index (Phi) is 5.26. The van der Waals surface area contributed by atoms with E-state index in [-0.39, 0.29) is 5.54 Å². The first-order chi connectivity index (χ1) is 13.5. The summed E-state index contributed by atoms with van der Waals surface area (Å²) in [6, 6.07) is 10.5. The lowest BCUT2D eigenvalue weighted by Crippen LogP contribution is -2.46. The van der Waals surface area contributed by atoms with Crippen LogP contribution in [0.3, 0.4) is 0 Å². The SMILES string of the molecule is C=C(c1ccc(C2(C)CCSC(N)=N2)cc1)N1CCN(c2ncccn2)CC1. The third-order valence-corrected chi connectivity index (χ3v) is 6.33. The molecule has 1 aromatic carbocycles. The van der Waals surface area contributed by atoms with E-state index in [1.165, 1.54) is 5.56 Å². The molecule has 0 spiro atoms. The summed E-state index contributed by atoms with van der Waals surface area (Å²) in [7, 11) is 0. The van der Waals surface area contributed by atoms with Crippen LogP contribution in [-0.2, 0) is 5.54 Å². The predicted molar refractivity (Wildman–Crippen MR) is 117 cm³/mol. The number of benzene rings is 1. The van der Waals surface area contributed by atoms with Crippen LogP contribution in [0.5, 0.6) is 0 Å². The molecule has 1 saturated heterocycles. The molecule has 4 rings (SSSR count). The first-order valence-electron chi connectivity index (χ1n) is 9.60. The van der Waals surface area contributed by atoms with Crippen LogP contribution in [0.2, 0.25) is 0 Å². The van der Waals surface area contributed by atoms with Crippen LogP contribution in [0.4, 0.5) is 5.95 Å². The number of aromatic nitrogens is 2. The van der Waals surface area contributed by atoms with Gasteiger partial charge in [0.05, 0.1) is 5.54 Å². The molecule has 0 amide bonds. The number of piperazine rings is 1. The standard InChI is InChI=1S/C21H26N6S/c1-16(26-11-13-27(14-12-26)20-23-9-3-10-24-20)17-4-6-18(7-5-17)21(2)8-15-28-19(22)25-21/h3-7,9-10H,1,8,11-15H2,2H3,(H2,22,25). The highest BCUT2D eigenvalue weighted by Gasteiger charge is 2.29. The number of thioether (sulfide) groups is 1. The fourth-order valence-corrected chi connectivity index (χ4v) is 4.70. The van der Waals surface area contributed by atoms with E-state index < -0.39 is 0 Å². The molecule has 28 heavy (non-hydrogen) atoms. The largest absolute Gasteiger partial charge is 0.379 e. The summed E-state index contributed by atoms with van der Waals surface area (Å²) in [4.78, 5) is 17.9. The lowest BCUT2D eigenvalue weighted by Gasteiger charge is -2.37. The molecule has 0 radical (unpaired) electrons. The summed E-state index contributed by atoms with van der Waals surface area (Å²) in [6.45, 7) is 10.1. The molecule has 2 aliphatic heterocycles. The second kappa shape index (κ2) is 7.83. The third kappa shape index (κ3) is 3.85. The van der Waals surface area contributed by atoms with Crippen LogP contribution in [0.1, 0.15) is 24.5 Å². The van der Waals surface area contributed by atoms with Crippen LogP contribution >= 0.6 is 11.8 Å². The van der Waals surface area contributed by atoms with Gasteiger partial charge in [0.25, 0.3) is 0 Å². The smallest absolute Gasteiger partial charge is 0.225 e. The Labute approximate surface area is 170 Å². The van der Waals surface area contributed by atoms with Crippen molar-refractivity contribution in [1.82, 2.24) is 14.9 Å². The minimum absolute atomic E-state index is 0.226. The Morgan fingerprint density at radius 3 is 2.43 bits per heavy atom. The molecule has 2 N–H and O–H groups in total. The normalized spacial score (nSPS) is 22.7. The van der Waals surface area contributed by atoms with Crippen LogP contribution in [0.15, 0.2) is 54.3 Å². The Morgan fingerprint density at radius 2 is 1.79 bits per heavy atom. The number of rotatable bonds is 4. The number of anilines is 1. The maximum absolute atomic E-state index is 5.96. The van der Waals surface area contributed by atoms with Gasteiger partial charge in [-0.05, 0) is 30.5 Å². The zero-order chi connectivity index (χ0) is 19.6. The zero-order valence-electron chi connectivity index (χ0n) is 16.2. The Balaban J connectivity index is 1.41. The fourth-order valence-electron chi connectivity index (χ4n) is 3.73. The monoisotopic (exact) mass is 394 g/mol. The van der Waals surface area contributed by atoms with E-state index in [1.54, 1.807) is 24.2 Å². The molecule has 0 aliphatic carbocycles. The van der Waals surface area contributed by atoms with Crippen molar-refractivity contribution < 1.29 is 0 Å². The topological polar surface area (TPSA) is 70.6 Å². The van der Waals surface area contributed by atoms with Gasteiger partial charge >= 0.3 is 0 Å². The maximum atomic E-state index is 5.96. The number of nitrogens with zero attached hydrogens (tertiary/aromatic N) is 5.